The third-order valence-corrected chi connectivity index (χ3v) is 5.78. The van der Waals surface area contributed by atoms with E-state index in [4.69, 9.17) is 16.3 Å². The summed E-state index contributed by atoms with van der Waals surface area (Å²) in [4.78, 5) is 28.8. The molecule has 0 spiro atoms. The molecule has 3 rings (SSSR count). The zero-order chi connectivity index (χ0) is 25.0. The Bertz CT molecular complexity index is 1060. The third kappa shape index (κ3) is 8.53. The summed E-state index contributed by atoms with van der Waals surface area (Å²) in [5.74, 6) is -0.339. The zero-order valence-corrected chi connectivity index (χ0v) is 21.1. The fourth-order valence-electron chi connectivity index (χ4n) is 3.79. The van der Waals surface area contributed by atoms with Crippen molar-refractivity contribution in [1.82, 2.24) is 10.2 Å². The van der Waals surface area contributed by atoms with Crippen LogP contribution in [0.2, 0.25) is 5.02 Å². The van der Waals surface area contributed by atoms with Crippen LogP contribution in [0.1, 0.15) is 43.0 Å². The average Bonchev–Trinajstić information content (AvgIpc) is 2.85. The number of benzene rings is 3. The molecule has 0 radical (unpaired) electrons. The first-order valence-corrected chi connectivity index (χ1v) is 12.3. The molecule has 35 heavy (non-hydrogen) atoms. The standard InChI is InChI=1S/C29H33ClN2O3/c1-22(2)35-19-9-18-31-29(34)28(25-12-7-4-8-13-25)32(21-24-14-16-26(30)17-15-24)27(33)20-23-10-5-3-6-11-23/h3-8,10-17,22,28H,9,18-21H2,1-2H3,(H,31,34). The molecule has 1 unspecified atom stereocenters. The first-order valence-electron chi connectivity index (χ1n) is 12.0. The lowest BCUT2D eigenvalue weighted by molar-refractivity contribution is -0.141. The minimum absolute atomic E-state index is 0.127. The maximum atomic E-state index is 13.7. The molecule has 0 fully saturated rings. The molecular weight excluding hydrogens is 460 g/mol. The van der Waals surface area contributed by atoms with E-state index in [1.165, 1.54) is 0 Å². The second-order valence-corrected chi connectivity index (χ2v) is 9.12. The van der Waals surface area contributed by atoms with Gasteiger partial charge >= 0.3 is 0 Å². The second kappa shape index (κ2) is 13.7. The van der Waals surface area contributed by atoms with E-state index in [1.807, 2.05) is 86.6 Å². The van der Waals surface area contributed by atoms with E-state index < -0.39 is 6.04 Å². The first-order chi connectivity index (χ1) is 16.9. The van der Waals surface area contributed by atoms with Crippen molar-refractivity contribution in [1.29, 1.82) is 0 Å². The summed E-state index contributed by atoms with van der Waals surface area (Å²) in [6.45, 7) is 5.28. The van der Waals surface area contributed by atoms with Gasteiger partial charge in [-0.25, -0.2) is 0 Å². The van der Waals surface area contributed by atoms with E-state index in [2.05, 4.69) is 5.32 Å². The van der Waals surface area contributed by atoms with Gasteiger partial charge in [-0.05, 0) is 49.1 Å². The van der Waals surface area contributed by atoms with Gasteiger partial charge in [0, 0.05) is 24.7 Å². The number of ether oxygens (including phenoxy) is 1. The van der Waals surface area contributed by atoms with E-state index in [0.29, 0.717) is 24.6 Å². The number of carbonyl (C=O) groups is 2. The van der Waals surface area contributed by atoms with Gasteiger partial charge in [-0.2, -0.15) is 0 Å². The Labute approximate surface area is 213 Å². The Balaban J connectivity index is 1.87. The highest BCUT2D eigenvalue weighted by Gasteiger charge is 2.31. The van der Waals surface area contributed by atoms with Crippen LogP contribution >= 0.6 is 11.6 Å². The Hall–Kier alpha value is -3.15. The van der Waals surface area contributed by atoms with Crippen LogP contribution < -0.4 is 5.32 Å². The number of amides is 2. The Morgan fingerprint density at radius 2 is 1.51 bits per heavy atom. The molecule has 0 saturated carbocycles. The van der Waals surface area contributed by atoms with Gasteiger partial charge in [-0.15, -0.1) is 0 Å². The summed E-state index contributed by atoms with van der Waals surface area (Å²) in [5, 5.41) is 3.64. The molecule has 6 heteroatoms. The summed E-state index contributed by atoms with van der Waals surface area (Å²) in [6, 6.07) is 25.6. The van der Waals surface area contributed by atoms with Crippen LogP contribution in [0.5, 0.6) is 0 Å². The molecule has 0 aliphatic rings. The number of carbonyl (C=O) groups excluding carboxylic acids is 2. The minimum atomic E-state index is -0.769. The van der Waals surface area contributed by atoms with Crippen LogP contribution in [0.4, 0.5) is 0 Å². The Kier molecular flexibility index (Phi) is 10.3. The van der Waals surface area contributed by atoms with Gasteiger partial charge in [0.25, 0.3) is 0 Å². The van der Waals surface area contributed by atoms with E-state index in [9.17, 15) is 9.59 Å². The van der Waals surface area contributed by atoms with Gasteiger partial charge in [-0.1, -0.05) is 84.4 Å². The summed E-state index contributed by atoms with van der Waals surface area (Å²) in [5.41, 5.74) is 2.56. The van der Waals surface area contributed by atoms with Crippen LogP contribution in [0.3, 0.4) is 0 Å². The maximum Gasteiger partial charge on any atom is 0.247 e. The molecule has 0 bridgehead atoms. The monoisotopic (exact) mass is 492 g/mol. The molecule has 0 aromatic heterocycles. The zero-order valence-electron chi connectivity index (χ0n) is 20.3. The molecule has 184 valence electrons. The van der Waals surface area contributed by atoms with Crippen molar-refractivity contribution in [3.8, 4) is 0 Å². The molecule has 0 aliphatic heterocycles. The number of rotatable bonds is 12. The lowest BCUT2D eigenvalue weighted by Gasteiger charge is -2.32. The highest BCUT2D eigenvalue weighted by Crippen LogP contribution is 2.25. The topological polar surface area (TPSA) is 58.6 Å². The number of hydrogen-bond acceptors (Lipinski definition) is 3. The molecule has 5 nitrogen and oxygen atoms in total. The van der Waals surface area contributed by atoms with Gasteiger partial charge in [0.05, 0.1) is 12.5 Å². The van der Waals surface area contributed by atoms with Crippen molar-refractivity contribution >= 4 is 23.4 Å². The van der Waals surface area contributed by atoms with Gasteiger partial charge in [-0.3, -0.25) is 9.59 Å². The van der Waals surface area contributed by atoms with E-state index in [0.717, 1.165) is 16.7 Å². The third-order valence-electron chi connectivity index (χ3n) is 5.53. The lowest BCUT2D eigenvalue weighted by Crippen LogP contribution is -2.44. The second-order valence-electron chi connectivity index (χ2n) is 8.69. The molecule has 3 aromatic carbocycles. The molecule has 1 atom stereocenters. The Morgan fingerprint density at radius 3 is 2.14 bits per heavy atom. The SMILES string of the molecule is CC(C)OCCCNC(=O)C(c1ccccc1)N(Cc1ccc(Cl)cc1)C(=O)Cc1ccccc1. The molecule has 1 N–H and O–H groups in total. The maximum absolute atomic E-state index is 13.7. The minimum Gasteiger partial charge on any atom is -0.379 e. The molecule has 2 amide bonds. The lowest BCUT2D eigenvalue weighted by atomic mass is 10.0. The molecular formula is C29H33ClN2O3. The number of hydrogen-bond donors (Lipinski definition) is 1. The van der Waals surface area contributed by atoms with Crippen molar-refractivity contribution in [3.05, 3.63) is 107 Å². The normalized spacial score (nSPS) is 11.8. The van der Waals surface area contributed by atoms with Crippen molar-refractivity contribution in [2.75, 3.05) is 13.2 Å². The summed E-state index contributed by atoms with van der Waals surface area (Å²) < 4.78 is 5.58. The first kappa shape index (κ1) is 26.5. The van der Waals surface area contributed by atoms with Gasteiger partial charge < -0.3 is 15.0 Å². The highest BCUT2D eigenvalue weighted by atomic mass is 35.5. The van der Waals surface area contributed by atoms with Gasteiger partial charge in [0.1, 0.15) is 6.04 Å². The van der Waals surface area contributed by atoms with Crippen LogP contribution in [0.25, 0.3) is 0 Å². The van der Waals surface area contributed by atoms with Crippen molar-refractivity contribution in [2.45, 2.75) is 45.4 Å². The summed E-state index contributed by atoms with van der Waals surface area (Å²) in [7, 11) is 0. The van der Waals surface area contributed by atoms with Crippen LogP contribution in [-0.2, 0) is 27.3 Å². The molecule has 0 aliphatic carbocycles. The quantitative estimate of drug-likeness (QED) is 0.335. The average molecular weight is 493 g/mol. The van der Waals surface area contributed by atoms with Crippen LogP contribution in [0, 0.1) is 0 Å². The summed E-state index contributed by atoms with van der Waals surface area (Å²) in [6.07, 6.45) is 1.04. The van der Waals surface area contributed by atoms with Gasteiger partial charge in [0.2, 0.25) is 11.8 Å². The van der Waals surface area contributed by atoms with Crippen molar-refractivity contribution in [2.24, 2.45) is 0 Å². The van der Waals surface area contributed by atoms with E-state index in [-0.39, 0.29) is 30.9 Å². The molecule has 0 heterocycles. The predicted octanol–water partition coefficient (Wildman–Crippen LogP) is 5.58. The van der Waals surface area contributed by atoms with Crippen molar-refractivity contribution in [3.63, 3.8) is 0 Å². The number of nitrogens with zero attached hydrogens (tertiary/aromatic N) is 1. The summed E-state index contributed by atoms with van der Waals surface area (Å²) >= 11 is 6.07. The van der Waals surface area contributed by atoms with Crippen LogP contribution in [-0.4, -0.2) is 36.0 Å². The Morgan fingerprint density at radius 1 is 0.886 bits per heavy atom. The molecule has 3 aromatic rings. The van der Waals surface area contributed by atoms with Gasteiger partial charge in [0.15, 0.2) is 0 Å². The fourth-order valence-corrected chi connectivity index (χ4v) is 3.92. The van der Waals surface area contributed by atoms with Crippen LogP contribution in [0.15, 0.2) is 84.9 Å². The number of halogens is 1. The predicted molar refractivity (Wildman–Crippen MR) is 140 cm³/mol. The van der Waals surface area contributed by atoms with E-state index >= 15 is 0 Å². The van der Waals surface area contributed by atoms with E-state index in [1.54, 1.807) is 17.0 Å². The fraction of sp³-hybridized carbons (Fsp3) is 0.310. The molecule has 0 saturated heterocycles. The largest absolute Gasteiger partial charge is 0.379 e. The number of nitrogens with one attached hydrogen (secondary N) is 1. The smallest absolute Gasteiger partial charge is 0.247 e. The van der Waals surface area contributed by atoms with Crippen molar-refractivity contribution < 1.29 is 14.3 Å². The highest BCUT2D eigenvalue weighted by molar-refractivity contribution is 6.30.